The van der Waals surface area contributed by atoms with Gasteiger partial charge in [-0.05, 0) is 73.4 Å². The Morgan fingerprint density at radius 1 is 1.10 bits per heavy atom. The fourth-order valence-electron chi connectivity index (χ4n) is 2.84. The van der Waals surface area contributed by atoms with Gasteiger partial charge in [0.1, 0.15) is 11.6 Å². The van der Waals surface area contributed by atoms with Crippen LogP contribution in [-0.4, -0.2) is 23.8 Å². The molecule has 0 saturated heterocycles. The maximum Gasteiger partial charge on any atom is 0.316 e. The average molecular weight is 478 g/mol. The first kappa shape index (κ1) is 25.3. The van der Waals surface area contributed by atoms with Crippen molar-refractivity contribution in [3.8, 4) is 0 Å². The minimum Gasteiger partial charge on any atom is -0.326 e. The highest BCUT2D eigenvalue weighted by molar-refractivity contribution is 7.99. The fourth-order valence-corrected chi connectivity index (χ4v) is 4.42. The summed E-state index contributed by atoms with van der Waals surface area (Å²) in [6.45, 7) is 1.18. The van der Waals surface area contributed by atoms with Crippen molar-refractivity contribution in [1.82, 2.24) is 5.32 Å². The first-order valence-corrected chi connectivity index (χ1v) is 12.5. The lowest BCUT2D eigenvalue weighted by molar-refractivity contribution is 0.276. The molecule has 1 atom stereocenters. The van der Waals surface area contributed by atoms with E-state index in [1.165, 1.54) is 30.0 Å². The van der Waals surface area contributed by atoms with Gasteiger partial charge in [-0.1, -0.05) is 30.2 Å². The third-order valence-corrected chi connectivity index (χ3v) is 6.34. The zero-order valence-corrected chi connectivity index (χ0v) is 19.2. The molecule has 0 heterocycles. The molecule has 0 aliphatic rings. The van der Waals surface area contributed by atoms with Crippen molar-refractivity contribution in [3.63, 3.8) is 0 Å². The van der Waals surface area contributed by atoms with Crippen LogP contribution < -0.4 is 5.32 Å². The molecule has 4 nitrogen and oxygen atoms in total. The van der Waals surface area contributed by atoms with Crippen molar-refractivity contribution in [3.05, 3.63) is 64.2 Å². The molecule has 0 bridgehead atoms. The third-order valence-electron chi connectivity index (χ3n) is 4.42. The number of rotatable bonds is 14. The Hall–Kier alpha value is -0.950. The van der Waals surface area contributed by atoms with Crippen LogP contribution in [0.1, 0.15) is 36.8 Å². The summed E-state index contributed by atoms with van der Waals surface area (Å²) >= 11 is 7.74. The molecule has 2 aromatic rings. The molecule has 30 heavy (non-hydrogen) atoms. The molecule has 0 spiro atoms. The standard InChI is InChI=1S/C21H27ClF2NO3PS/c22-19-14-21(20(24)13-17(19)15-25-10-4-11-28-29(26)27)30-12-3-1-2-5-16-6-8-18(23)9-7-16/h6-9,13-14,25,29H,1-5,10-12,15H2,(H,26,27). The van der Waals surface area contributed by atoms with E-state index in [4.69, 9.17) is 16.5 Å². The Morgan fingerprint density at radius 3 is 2.60 bits per heavy atom. The van der Waals surface area contributed by atoms with Crippen molar-refractivity contribution in [2.45, 2.75) is 43.5 Å². The Kier molecular flexibility index (Phi) is 12.0. The molecule has 0 fully saturated rings. The maximum absolute atomic E-state index is 14.4. The second-order valence-corrected chi connectivity index (χ2v) is 9.17. The predicted octanol–water partition coefficient (Wildman–Crippen LogP) is 6.00. The Morgan fingerprint density at radius 2 is 1.87 bits per heavy atom. The van der Waals surface area contributed by atoms with Gasteiger partial charge in [0.05, 0.1) is 6.61 Å². The molecule has 0 radical (unpaired) electrons. The summed E-state index contributed by atoms with van der Waals surface area (Å²) < 4.78 is 42.3. The highest BCUT2D eigenvalue weighted by Gasteiger charge is 2.09. The third kappa shape index (κ3) is 9.90. The van der Waals surface area contributed by atoms with Crippen molar-refractivity contribution >= 4 is 31.6 Å². The van der Waals surface area contributed by atoms with Gasteiger partial charge in [-0.2, -0.15) is 0 Å². The Bertz CT molecular complexity index is 812. The number of unbranched alkanes of at least 4 members (excludes halogenated alkanes) is 2. The van der Waals surface area contributed by atoms with Crippen LogP contribution in [0.25, 0.3) is 0 Å². The smallest absolute Gasteiger partial charge is 0.316 e. The Balaban J connectivity index is 1.65. The summed E-state index contributed by atoms with van der Waals surface area (Å²) in [4.78, 5) is 9.12. The van der Waals surface area contributed by atoms with Crippen LogP contribution in [0, 0.1) is 11.6 Å². The van der Waals surface area contributed by atoms with Gasteiger partial charge in [-0.15, -0.1) is 11.8 Å². The Labute approximate surface area is 186 Å². The van der Waals surface area contributed by atoms with Gasteiger partial charge in [-0.25, -0.2) is 8.78 Å². The first-order valence-electron chi connectivity index (χ1n) is 9.87. The van der Waals surface area contributed by atoms with Crippen LogP contribution >= 0.6 is 31.6 Å². The first-order chi connectivity index (χ1) is 14.5. The maximum atomic E-state index is 14.4. The molecule has 2 rings (SSSR count). The van der Waals surface area contributed by atoms with Crippen LogP contribution in [0.2, 0.25) is 5.02 Å². The molecule has 0 aliphatic heterocycles. The van der Waals surface area contributed by atoms with Crippen molar-refractivity contribution in [2.24, 2.45) is 0 Å². The summed E-state index contributed by atoms with van der Waals surface area (Å²) in [6, 6.07) is 9.69. The molecule has 9 heteroatoms. The van der Waals surface area contributed by atoms with Crippen molar-refractivity contribution < 1.29 is 22.8 Å². The minimum absolute atomic E-state index is 0.197. The van der Waals surface area contributed by atoms with Gasteiger partial charge in [0.15, 0.2) is 0 Å². The molecule has 0 aliphatic carbocycles. The van der Waals surface area contributed by atoms with E-state index in [1.54, 1.807) is 6.07 Å². The lowest BCUT2D eigenvalue weighted by Crippen LogP contribution is -2.16. The lowest BCUT2D eigenvalue weighted by atomic mass is 10.1. The van der Waals surface area contributed by atoms with Crippen LogP contribution in [0.15, 0.2) is 41.3 Å². The van der Waals surface area contributed by atoms with E-state index in [2.05, 4.69) is 9.84 Å². The van der Waals surface area contributed by atoms with E-state index < -0.39 is 8.25 Å². The van der Waals surface area contributed by atoms with Gasteiger partial charge < -0.3 is 14.7 Å². The number of halogens is 3. The highest BCUT2D eigenvalue weighted by atomic mass is 35.5. The van der Waals surface area contributed by atoms with Gasteiger partial charge in [0.25, 0.3) is 0 Å². The lowest BCUT2D eigenvalue weighted by Gasteiger charge is -2.10. The summed E-state index contributed by atoms with van der Waals surface area (Å²) in [5, 5.41) is 3.63. The van der Waals surface area contributed by atoms with Crippen molar-refractivity contribution in [2.75, 3.05) is 18.9 Å². The molecule has 2 N–H and O–H groups in total. The van der Waals surface area contributed by atoms with E-state index >= 15 is 0 Å². The number of thioether (sulfide) groups is 1. The molecule has 0 amide bonds. The van der Waals surface area contributed by atoms with Gasteiger partial charge in [0, 0.05) is 16.5 Å². The molecular weight excluding hydrogens is 451 g/mol. The number of hydrogen-bond acceptors (Lipinski definition) is 4. The zero-order valence-electron chi connectivity index (χ0n) is 16.6. The normalized spacial score (nSPS) is 12.3. The predicted molar refractivity (Wildman–Crippen MR) is 120 cm³/mol. The molecule has 1 unspecified atom stereocenters. The fraction of sp³-hybridized carbons (Fsp3) is 0.429. The van der Waals surface area contributed by atoms with Gasteiger partial charge in [0.2, 0.25) is 0 Å². The molecular formula is C21H27ClF2NO3PS. The SMILES string of the molecule is O=[PH](O)OCCCNCc1cc(F)c(SCCCCCc2ccc(F)cc2)cc1Cl. The monoisotopic (exact) mass is 477 g/mol. The second kappa shape index (κ2) is 14.2. The molecule has 166 valence electrons. The van der Waals surface area contributed by atoms with Crippen LogP contribution in [0.5, 0.6) is 0 Å². The van der Waals surface area contributed by atoms with E-state index in [-0.39, 0.29) is 18.2 Å². The topological polar surface area (TPSA) is 58.6 Å². The average Bonchev–Trinajstić information content (AvgIpc) is 2.71. The van der Waals surface area contributed by atoms with Crippen LogP contribution in [0.3, 0.4) is 0 Å². The zero-order chi connectivity index (χ0) is 21.8. The summed E-state index contributed by atoms with van der Waals surface area (Å²) in [5.41, 5.74) is 1.80. The number of nitrogens with one attached hydrogen (secondary N) is 1. The molecule has 2 aromatic carbocycles. The summed E-state index contributed by atoms with van der Waals surface area (Å²) in [7, 11) is -2.88. The molecule has 0 aromatic heterocycles. The number of aryl methyl sites for hydroxylation is 1. The van der Waals surface area contributed by atoms with E-state index in [0.29, 0.717) is 35.0 Å². The summed E-state index contributed by atoms with van der Waals surface area (Å²) in [6.07, 6.45) is 4.50. The quantitative estimate of drug-likeness (QED) is 0.198. The largest absolute Gasteiger partial charge is 0.326 e. The summed E-state index contributed by atoms with van der Waals surface area (Å²) in [5.74, 6) is 0.307. The minimum atomic E-state index is -2.88. The second-order valence-electron chi connectivity index (χ2n) is 6.80. The van der Waals surface area contributed by atoms with E-state index in [9.17, 15) is 13.3 Å². The van der Waals surface area contributed by atoms with E-state index in [0.717, 1.165) is 37.0 Å². The van der Waals surface area contributed by atoms with Gasteiger partial charge in [-0.3, -0.25) is 4.57 Å². The number of hydrogen-bond donors (Lipinski definition) is 2. The van der Waals surface area contributed by atoms with Crippen molar-refractivity contribution in [1.29, 1.82) is 0 Å². The van der Waals surface area contributed by atoms with Crippen LogP contribution in [-0.2, 0) is 22.1 Å². The van der Waals surface area contributed by atoms with E-state index in [1.807, 2.05) is 12.1 Å². The number of benzene rings is 2. The molecule has 0 saturated carbocycles. The van der Waals surface area contributed by atoms with Gasteiger partial charge >= 0.3 is 8.25 Å². The highest BCUT2D eigenvalue weighted by Crippen LogP contribution is 2.29. The van der Waals surface area contributed by atoms with Crippen LogP contribution in [0.4, 0.5) is 8.78 Å².